The minimum absolute atomic E-state index is 0.0755. The lowest BCUT2D eigenvalue weighted by molar-refractivity contribution is -0.140. The first kappa shape index (κ1) is 16.0. The van der Waals surface area contributed by atoms with Gasteiger partial charge in [-0.1, -0.05) is 6.07 Å². The molecule has 2 aliphatic carbocycles. The molecule has 126 valence electrons. The Morgan fingerprint density at radius 3 is 2.43 bits per heavy atom. The van der Waals surface area contributed by atoms with Crippen molar-refractivity contribution in [2.24, 2.45) is 5.73 Å². The highest BCUT2D eigenvalue weighted by Crippen LogP contribution is 2.47. The van der Waals surface area contributed by atoms with Gasteiger partial charge in [-0.15, -0.1) is 0 Å². The van der Waals surface area contributed by atoms with Crippen molar-refractivity contribution in [2.75, 3.05) is 6.61 Å². The molecule has 0 unspecified atom stereocenters. The number of carbonyl (C=O) groups is 1. The van der Waals surface area contributed by atoms with Crippen LogP contribution >= 0.6 is 0 Å². The molecule has 1 aromatic rings. The quantitative estimate of drug-likeness (QED) is 0.833. The molecule has 4 nitrogen and oxygen atoms in total. The monoisotopic (exact) mass is 332 g/mol. The van der Waals surface area contributed by atoms with Crippen LogP contribution in [0.1, 0.15) is 36.8 Å². The molecule has 3 N–H and O–H groups in total. The molecule has 1 aromatic carbocycles. The number of amides is 1. The molecule has 0 atom stereocenters. The Kier molecular flexibility index (Phi) is 3.55. The van der Waals surface area contributed by atoms with E-state index in [0.717, 1.165) is 25.0 Å². The van der Waals surface area contributed by atoms with Crippen molar-refractivity contribution in [3.8, 4) is 0 Å². The summed E-state index contributed by atoms with van der Waals surface area (Å²) in [6.07, 6.45) is -3.01. The first-order valence-electron chi connectivity index (χ1n) is 7.25. The fourth-order valence-corrected chi connectivity index (χ4v) is 2.40. The number of halogens is 4. The van der Waals surface area contributed by atoms with Gasteiger partial charge in [-0.2, -0.15) is 13.2 Å². The number of alkyl halides is 3. The number of rotatable bonds is 4. The van der Waals surface area contributed by atoms with Crippen LogP contribution in [0, 0.1) is 5.82 Å². The molecule has 2 saturated carbocycles. The van der Waals surface area contributed by atoms with Gasteiger partial charge in [0.2, 0.25) is 0 Å². The summed E-state index contributed by atoms with van der Waals surface area (Å²) in [7, 11) is 0. The van der Waals surface area contributed by atoms with Crippen LogP contribution in [-0.2, 0) is 16.5 Å². The van der Waals surface area contributed by atoms with Gasteiger partial charge in [-0.05, 0) is 43.4 Å². The molecule has 0 saturated heterocycles. The van der Waals surface area contributed by atoms with Gasteiger partial charge in [0, 0.05) is 0 Å². The van der Waals surface area contributed by atoms with E-state index in [9.17, 15) is 22.4 Å². The van der Waals surface area contributed by atoms with Gasteiger partial charge in [0.05, 0.1) is 16.6 Å². The van der Waals surface area contributed by atoms with Crippen LogP contribution in [0.25, 0.3) is 0 Å². The summed E-state index contributed by atoms with van der Waals surface area (Å²) in [4.78, 5) is 11.8. The summed E-state index contributed by atoms with van der Waals surface area (Å²) in [5, 5.41) is 2.58. The molecule has 3 rings (SSSR count). The number of alkyl carbamates (subject to hydrolysis) is 1. The van der Waals surface area contributed by atoms with Crippen LogP contribution in [0.15, 0.2) is 18.2 Å². The van der Waals surface area contributed by atoms with Crippen molar-refractivity contribution in [2.45, 2.75) is 42.9 Å². The highest BCUT2D eigenvalue weighted by molar-refractivity contribution is 5.69. The minimum Gasteiger partial charge on any atom is -0.448 e. The Hall–Kier alpha value is -1.83. The first-order valence-corrected chi connectivity index (χ1v) is 7.25. The van der Waals surface area contributed by atoms with Gasteiger partial charge in [-0.3, -0.25) is 0 Å². The number of nitrogens with two attached hydrogens (primary N) is 1. The average molecular weight is 332 g/mol. The van der Waals surface area contributed by atoms with Crippen LogP contribution in [-0.4, -0.2) is 18.2 Å². The van der Waals surface area contributed by atoms with Gasteiger partial charge in [0.15, 0.2) is 0 Å². The molecular weight excluding hydrogens is 316 g/mol. The van der Waals surface area contributed by atoms with E-state index in [1.165, 1.54) is 6.07 Å². The molecule has 2 fully saturated rings. The molecule has 2 aliphatic rings. The fraction of sp³-hybridized carbons (Fsp3) is 0.533. The summed E-state index contributed by atoms with van der Waals surface area (Å²) in [6.45, 7) is 0.0755. The molecule has 0 spiro atoms. The van der Waals surface area contributed by atoms with E-state index < -0.39 is 34.7 Å². The second kappa shape index (κ2) is 5.09. The van der Waals surface area contributed by atoms with Crippen LogP contribution in [0.5, 0.6) is 0 Å². The molecule has 23 heavy (non-hydrogen) atoms. The van der Waals surface area contributed by atoms with E-state index in [2.05, 4.69) is 5.32 Å². The SMILES string of the molecule is NC1(COC(=O)NC2(c3ccc(F)c(C(F)(F)F)c3)CC2)CC1. The molecule has 0 heterocycles. The Labute approximate surface area is 130 Å². The minimum atomic E-state index is -4.78. The van der Waals surface area contributed by atoms with Crippen LogP contribution in [0.3, 0.4) is 0 Å². The summed E-state index contributed by atoms with van der Waals surface area (Å²) in [5.74, 6) is -1.33. The van der Waals surface area contributed by atoms with Crippen molar-refractivity contribution in [3.05, 3.63) is 35.1 Å². The Balaban J connectivity index is 1.71. The number of hydrogen-bond acceptors (Lipinski definition) is 3. The highest BCUT2D eigenvalue weighted by atomic mass is 19.4. The van der Waals surface area contributed by atoms with Crippen LogP contribution in [0.4, 0.5) is 22.4 Å². The van der Waals surface area contributed by atoms with Crippen LogP contribution in [0.2, 0.25) is 0 Å². The number of ether oxygens (including phenoxy) is 1. The lowest BCUT2D eigenvalue weighted by atomic mass is 10.0. The molecular formula is C15H16F4N2O2. The normalized spacial score (nSPS) is 20.7. The lowest BCUT2D eigenvalue weighted by Gasteiger charge is -2.20. The zero-order valence-corrected chi connectivity index (χ0v) is 12.2. The Bertz CT molecular complexity index is 637. The van der Waals surface area contributed by atoms with E-state index in [4.69, 9.17) is 10.5 Å². The summed E-state index contributed by atoms with van der Waals surface area (Å²) in [6, 6.07) is 2.77. The van der Waals surface area contributed by atoms with Gasteiger partial charge in [-0.25, -0.2) is 9.18 Å². The second-order valence-corrected chi connectivity index (χ2v) is 6.34. The Morgan fingerprint density at radius 2 is 1.91 bits per heavy atom. The van der Waals surface area contributed by atoms with E-state index in [1.54, 1.807) is 0 Å². The largest absolute Gasteiger partial charge is 0.448 e. The van der Waals surface area contributed by atoms with Crippen molar-refractivity contribution in [1.29, 1.82) is 0 Å². The molecule has 0 aliphatic heterocycles. The van der Waals surface area contributed by atoms with Gasteiger partial charge < -0.3 is 15.8 Å². The third-order valence-electron chi connectivity index (χ3n) is 4.30. The molecule has 0 radical (unpaired) electrons. The standard InChI is InChI=1S/C15H16F4N2O2/c16-11-2-1-9(7-10(11)15(17,18)19)14(5-6-14)21-12(22)23-8-13(20)3-4-13/h1-2,7H,3-6,8,20H2,(H,21,22). The van der Waals surface area contributed by atoms with E-state index in [1.807, 2.05) is 0 Å². The first-order chi connectivity index (χ1) is 10.6. The molecule has 8 heteroatoms. The van der Waals surface area contributed by atoms with Crippen molar-refractivity contribution in [1.82, 2.24) is 5.32 Å². The average Bonchev–Trinajstić information content (AvgIpc) is 3.36. The van der Waals surface area contributed by atoms with Crippen molar-refractivity contribution < 1.29 is 27.1 Å². The van der Waals surface area contributed by atoms with Crippen molar-refractivity contribution in [3.63, 3.8) is 0 Å². The molecule has 0 aromatic heterocycles. The maximum Gasteiger partial charge on any atom is 0.419 e. The van der Waals surface area contributed by atoms with Gasteiger partial charge in [0.1, 0.15) is 12.4 Å². The Morgan fingerprint density at radius 1 is 1.26 bits per heavy atom. The summed E-state index contributed by atoms with van der Waals surface area (Å²) < 4.78 is 56.7. The third kappa shape index (κ3) is 3.41. The third-order valence-corrected chi connectivity index (χ3v) is 4.30. The zero-order chi connectivity index (χ0) is 16.9. The highest BCUT2D eigenvalue weighted by Gasteiger charge is 2.48. The van der Waals surface area contributed by atoms with E-state index in [0.29, 0.717) is 12.8 Å². The molecule has 1 amide bonds. The maximum atomic E-state index is 13.3. The number of nitrogens with one attached hydrogen (secondary N) is 1. The molecule has 0 bridgehead atoms. The fourth-order valence-electron chi connectivity index (χ4n) is 2.40. The smallest absolute Gasteiger partial charge is 0.419 e. The number of carbonyl (C=O) groups excluding carboxylic acids is 1. The van der Waals surface area contributed by atoms with E-state index >= 15 is 0 Å². The van der Waals surface area contributed by atoms with Crippen molar-refractivity contribution >= 4 is 6.09 Å². The summed E-state index contributed by atoms with van der Waals surface area (Å²) >= 11 is 0. The maximum absolute atomic E-state index is 13.3. The topological polar surface area (TPSA) is 64.3 Å². The van der Waals surface area contributed by atoms with Gasteiger partial charge >= 0.3 is 12.3 Å². The van der Waals surface area contributed by atoms with Crippen LogP contribution < -0.4 is 11.1 Å². The predicted octanol–water partition coefficient (Wildman–Crippen LogP) is 3.05. The van der Waals surface area contributed by atoms with Gasteiger partial charge in [0.25, 0.3) is 0 Å². The van der Waals surface area contributed by atoms with E-state index in [-0.39, 0.29) is 12.2 Å². The second-order valence-electron chi connectivity index (χ2n) is 6.34. The predicted molar refractivity (Wildman–Crippen MR) is 73.0 cm³/mol. The summed E-state index contributed by atoms with van der Waals surface area (Å²) in [5.41, 5.74) is 3.29. The lowest BCUT2D eigenvalue weighted by Crippen LogP contribution is -2.38. The number of hydrogen-bond donors (Lipinski definition) is 2. The zero-order valence-electron chi connectivity index (χ0n) is 12.2. The number of benzene rings is 1.